The monoisotopic (exact) mass is 394 g/mol. The van der Waals surface area contributed by atoms with Crippen LogP contribution in [0.2, 0.25) is 0 Å². The van der Waals surface area contributed by atoms with Gasteiger partial charge >= 0.3 is 0 Å². The summed E-state index contributed by atoms with van der Waals surface area (Å²) in [6.45, 7) is 0. The van der Waals surface area contributed by atoms with Crippen molar-refractivity contribution in [2.45, 2.75) is 18.7 Å². The third-order valence-electron chi connectivity index (χ3n) is 4.64. The first kappa shape index (κ1) is 14.8. The van der Waals surface area contributed by atoms with Gasteiger partial charge in [-0.1, -0.05) is 46.3 Å². The number of hydrogen-bond acceptors (Lipinski definition) is 4. The molecule has 0 saturated carbocycles. The van der Waals surface area contributed by atoms with Crippen LogP contribution in [0.4, 0.5) is 0 Å². The lowest BCUT2D eigenvalue weighted by atomic mass is 9.97. The molecule has 0 radical (unpaired) electrons. The molecule has 3 heterocycles. The van der Waals surface area contributed by atoms with Crippen LogP contribution in [-0.2, 0) is 0 Å². The fourth-order valence-electron chi connectivity index (χ4n) is 3.49. The molecule has 124 valence electrons. The molecular weight excluding hydrogens is 380 g/mol. The van der Waals surface area contributed by atoms with Crippen LogP contribution in [0, 0.1) is 0 Å². The Labute approximate surface area is 153 Å². The quantitative estimate of drug-likeness (QED) is 0.592. The third-order valence-corrected chi connectivity index (χ3v) is 5.14. The highest BCUT2D eigenvalue weighted by Crippen LogP contribution is 2.48. The Morgan fingerprint density at radius 3 is 2.72 bits per heavy atom. The van der Waals surface area contributed by atoms with Crippen LogP contribution in [0.15, 0.2) is 80.9 Å². The van der Waals surface area contributed by atoms with Gasteiger partial charge in [-0.2, -0.15) is 5.10 Å². The summed E-state index contributed by atoms with van der Waals surface area (Å²) in [4.78, 5) is 0. The van der Waals surface area contributed by atoms with Crippen LogP contribution in [0.25, 0.3) is 0 Å². The summed E-state index contributed by atoms with van der Waals surface area (Å²) in [5.41, 5.74) is 3.18. The van der Waals surface area contributed by atoms with Crippen molar-refractivity contribution in [3.63, 3.8) is 0 Å². The zero-order chi connectivity index (χ0) is 16.8. The molecule has 0 spiro atoms. The summed E-state index contributed by atoms with van der Waals surface area (Å²) in [5.74, 6) is 1.73. The van der Waals surface area contributed by atoms with Gasteiger partial charge in [-0.25, -0.2) is 5.01 Å². The fourth-order valence-corrected chi connectivity index (χ4v) is 3.87. The zero-order valence-corrected chi connectivity index (χ0v) is 14.9. The molecule has 2 aliphatic rings. The molecule has 3 aromatic rings. The van der Waals surface area contributed by atoms with Crippen molar-refractivity contribution < 1.29 is 9.15 Å². The third kappa shape index (κ3) is 2.46. The van der Waals surface area contributed by atoms with Crippen molar-refractivity contribution in [2.24, 2.45) is 5.10 Å². The second-order valence-electron chi connectivity index (χ2n) is 6.19. The number of ether oxygens (including phenoxy) is 1. The zero-order valence-electron chi connectivity index (χ0n) is 13.3. The van der Waals surface area contributed by atoms with E-state index >= 15 is 0 Å². The van der Waals surface area contributed by atoms with Gasteiger partial charge in [0.2, 0.25) is 6.23 Å². The van der Waals surface area contributed by atoms with E-state index in [1.54, 1.807) is 6.26 Å². The van der Waals surface area contributed by atoms with Gasteiger partial charge in [-0.3, -0.25) is 0 Å². The Morgan fingerprint density at radius 1 is 1.04 bits per heavy atom. The van der Waals surface area contributed by atoms with Crippen molar-refractivity contribution in [1.29, 1.82) is 0 Å². The maximum Gasteiger partial charge on any atom is 0.213 e. The van der Waals surface area contributed by atoms with Crippen molar-refractivity contribution in [2.75, 3.05) is 0 Å². The first-order valence-electron chi connectivity index (χ1n) is 8.20. The van der Waals surface area contributed by atoms with Gasteiger partial charge in [-0.15, -0.1) is 0 Å². The molecule has 2 atom stereocenters. The number of benzene rings is 2. The molecule has 5 rings (SSSR count). The molecule has 0 amide bonds. The SMILES string of the molecule is Brc1ccc2c(c1)[C@H]1CC(c3ccco3)=NN1[C@H](c1ccccc1)O2. The number of fused-ring (bicyclic) bond motifs is 3. The van der Waals surface area contributed by atoms with E-state index in [2.05, 4.69) is 39.1 Å². The maximum atomic E-state index is 6.32. The van der Waals surface area contributed by atoms with Gasteiger partial charge in [0.15, 0.2) is 0 Å². The van der Waals surface area contributed by atoms with Gasteiger partial charge < -0.3 is 9.15 Å². The Morgan fingerprint density at radius 2 is 1.92 bits per heavy atom. The van der Waals surface area contributed by atoms with E-state index in [1.165, 1.54) is 0 Å². The largest absolute Gasteiger partial charge is 0.464 e. The molecule has 0 N–H and O–H groups in total. The highest BCUT2D eigenvalue weighted by molar-refractivity contribution is 9.10. The highest BCUT2D eigenvalue weighted by Gasteiger charge is 2.41. The number of hydrazone groups is 1. The van der Waals surface area contributed by atoms with Crippen LogP contribution < -0.4 is 4.74 Å². The average Bonchev–Trinajstić information content (AvgIpc) is 3.31. The Kier molecular flexibility index (Phi) is 3.41. The number of nitrogens with zero attached hydrogens (tertiary/aromatic N) is 2. The number of furan rings is 1. The summed E-state index contributed by atoms with van der Waals surface area (Å²) in [6.07, 6.45) is 2.24. The van der Waals surface area contributed by atoms with E-state index in [4.69, 9.17) is 14.3 Å². The molecule has 5 heteroatoms. The van der Waals surface area contributed by atoms with Crippen LogP contribution >= 0.6 is 15.9 Å². The topological polar surface area (TPSA) is 38.0 Å². The molecule has 1 aromatic heterocycles. The first-order valence-corrected chi connectivity index (χ1v) is 8.99. The molecule has 2 aromatic carbocycles. The summed E-state index contributed by atoms with van der Waals surface area (Å²) < 4.78 is 12.9. The normalized spacial score (nSPS) is 21.3. The molecule has 0 saturated heterocycles. The predicted molar refractivity (Wildman–Crippen MR) is 98.4 cm³/mol. The van der Waals surface area contributed by atoms with Crippen LogP contribution in [0.3, 0.4) is 0 Å². The molecular formula is C20H15BrN2O2. The Balaban J connectivity index is 1.62. The van der Waals surface area contributed by atoms with Crippen molar-refractivity contribution >= 4 is 21.6 Å². The summed E-state index contributed by atoms with van der Waals surface area (Å²) >= 11 is 3.57. The van der Waals surface area contributed by atoms with E-state index in [0.717, 1.165) is 39.2 Å². The van der Waals surface area contributed by atoms with E-state index in [0.29, 0.717) is 0 Å². The minimum absolute atomic E-state index is 0.131. The molecule has 25 heavy (non-hydrogen) atoms. The van der Waals surface area contributed by atoms with Crippen molar-refractivity contribution in [3.05, 3.63) is 88.3 Å². The van der Waals surface area contributed by atoms with E-state index in [-0.39, 0.29) is 12.3 Å². The number of halogens is 1. The van der Waals surface area contributed by atoms with Crippen molar-refractivity contribution in [1.82, 2.24) is 5.01 Å². The summed E-state index contributed by atoms with van der Waals surface area (Å²) in [7, 11) is 0. The summed E-state index contributed by atoms with van der Waals surface area (Å²) in [5, 5.41) is 6.91. The number of rotatable bonds is 2. The maximum absolute atomic E-state index is 6.32. The second-order valence-corrected chi connectivity index (χ2v) is 7.10. The molecule has 0 aliphatic carbocycles. The molecule has 0 bridgehead atoms. The lowest BCUT2D eigenvalue weighted by Gasteiger charge is -2.38. The lowest BCUT2D eigenvalue weighted by Crippen LogP contribution is -2.33. The molecule has 0 fully saturated rings. The molecule has 4 nitrogen and oxygen atoms in total. The van der Waals surface area contributed by atoms with E-state index in [1.807, 2.05) is 42.5 Å². The lowest BCUT2D eigenvalue weighted by molar-refractivity contribution is -0.0190. The number of hydrogen-bond donors (Lipinski definition) is 0. The smallest absolute Gasteiger partial charge is 0.213 e. The highest BCUT2D eigenvalue weighted by atomic mass is 79.9. The van der Waals surface area contributed by atoms with Crippen molar-refractivity contribution in [3.8, 4) is 5.75 Å². The van der Waals surface area contributed by atoms with Gasteiger partial charge in [0.25, 0.3) is 0 Å². The molecule has 2 aliphatic heterocycles. The van der Waals surface area contributed by atoms with Gasteiger partial charge in [0.1, 0.15) is 17.2 Å². The van der Waals surface area contributed by atoms with Crippen LogP contribution in [-0.4, -0.2) is 10.7 Å². The Hall–Kier alpha value is -2.53. The van der Waals surface area contributed by atoms with E-state index < -0.39 is 0 Å². The minimum Gasteiger partial charge on any atom is -0.464 e. The molecule has 0 unspecified atom stereocenters. The van der Waals surface area contributed by atoms with Gasteiger partial charge in [0.05, 0.1) is 12.3 Å². The first-order chi connectivity index (χ1) is 12.3. The predicted octanol–water partition coefficient (Wildman–Crippen LogP) is 5.28. The average molecular weight is 395 g/mol. The standard InChI is InChI=1S/C20H15BrN2O2/c21-14-8-9-18-15(11-14)17-12-16(19-7-4-10-24-19)22-23(17)20(25-18)13-5-2-1-3-6-13/h1-11,17,20H,12H2/t17-,20+/m1/s1. The van der Waals surface area contributed by atoms with E-state index in [9.17, 15) is 0 Å². The van der Waals surface area contributed by atoms with Gasteiger partial charge in [0, 0.05) is 22.0 Å². The van der Waals surface area contributed by atoms with Crippen LogP contribution in [0.5, 0.6) is 5.75 Å². The fraction of sp³-hybridized carbons (Fsp3) is 0.150. The Bertz CT molecular complexity index is 938. The van der Waals surface area contributed by atoms with Crippen LogP contribution in [0.1, 0.15) is 35.6 Å². The van der Waals surface area contributed by atoms with Gasteiger partial charge in [-0.05, 0) is 30.3 Å². The second kappa shape index (κ2) is 5.77. The summed E-state index contributed by atoms with van der Waals surface area (Å²) in [6, 6.07) is 20.4. The minimum atomic E-state index is -0.243.